The minimum absolute atomic E-state index is 0.139. The second-order valence-electron chi connectivity index (χ2n) is 11.1. The molecule has 0 saturated carbocycles. The molecule has 0 radical (unpaired) electrons. The number of rotatable bonds is 11. The van der Waals surface area contributed by atoms with Gasteiger partial charge in [-0.15, -0.1) is 0 Å². The van der Waals surface area contributed by atoms with E-state index < -0.39 is 12.0 Å². The number of hydrogen-bond donors (Lipinski definition) is 0. The number of carbonyl (C=O) groups is 1. The van der Waals surface area contributed by atoms with E-state index in [4.69, 9.17) is 51.9 Å². The van der Waals surface area contributed by atoms with Gasteiger partial charge in [-0.2, -0.15) is 0 Å². The summed E-state index contributed by atoms with van der Waals surface area (Å²) < 4.78 is 31.2. The van der Waals surface area contributed by atoms with E-state index in [1.165, 1.54) is 23.0 Å². The van der Waals surface area contributed by atoms with E-state index >= 15 is 0 Å². The van der Waals surface area contributed by atoms with Crippen LogP contribution in [0.4, 0.5) is 0 Å². The minimum atomic E-state index is -0.886. The lowest BCUT2D eigenvalue weighted by Gasteiger charge is -2.26. The maximum absolute atomic E-state index is 14.4. The summed E-state index contributed by atoms with van der Waals surface area (Å²) in [5.41, 5.74) is 3.11. The van der Waals surface area contributed by atoms with Gasteiger partial charge >= 0.3 is 5.97 Å². The predicted molar refractivity (Wildman–Crippen MR) is 207 cm³/mol. The summed E-state index contributed by atoms with van der Waals surface area (Å²) in [5.74, 6) is 1.38. The fraction of sp³-hybridized carbons (Fsp3) is 0.184. The van der Waals surface area contributed by atoms with Crippen LogP contribution in [0.1, 0.15) is 35.2 Å². The molecule has 51 heavy (non-hydrogen) atoms. The summed E-state index contributed by atoms with van der Waals surface area (Å²) in [6.45, 7) is 2.07. The third-order valence-electron chi connectivity index (χ3n) is 8.03. The smallest absolute Gasteiger partial charge is 0.338 e. The number of carbonyl (C=O) groups excluding carboxylic acids is 1. The molecule has 262 valence electrons. The molecule has 0 unspecified atom stereocenters. The van der Waals surface area contributed by atoms with E-state index in [0.717, 1.165) is 9.13 Å². The van der Waals surface area contributed by atoms with Crippen molar-refractivity contribution in [3.05, 3.63) is 140 Å². The standard InChI is InChI=1S/C38H31Cl2IN2O7S/c1-5-49-37(45)32-33(22-9-7-6-8-10-22)42-38-43(34(32)23-12-14-28(46-2)29(18-23)47-3)36(44)31(51-38)17-21-15-27(41)35(30(16-21)48-4)50-20-24-11-13-25(39)19-26(24)40/h6-19,34H,5,20H2,1-4H3/b31-17-/t34-/m1/s1. The largest absolute Gasteiger partial charge is 0.493 e. The Kier molecular flexibility index (Phi) is 11.4. The number of methoxy groups -OCH3 is 3. The van der Waals surface area contributed by atoms with Crippen LogP contribution in [0, 0.1) is 3.57 Å². The number of fused-ring (bicyclic) bond motifs is 1. The molecule has 0 spiro atoms. The molecular weight excluding hydrogens is 826 g/mol. The van der Waals surface area contributed by atoms with Gasteiger partial charge in [0.05, 0.1) is 53.4 Å². The highest BCUT2D eigenvalue weighted by Gasteiger charge is 2.35. The average Bonchev–Trinajstić information content (AvgIpc) is 3.44. The molecule has 5 aromatic rings. The first-order chi connectivity index (χ1) is 24.7. The molecule has 6 rings (SSSR count). The topological polar surface area (TPSA) is 97.6 Å². The van der Waals surface area contributed by atoms with Gasteiger partial charge in [-0.1, -0.05) is 77.0 Å². The van der Waals surface area contributed by atoms with Crippen molar-refractivity contribution >= 4 is 74.9 Å². The molecule has 0 bridgehead atoms. The molecular formula is C38H31Cl2IN2O7S. The summed E-state index contributed by atoms with van der Waals surface area (Å²) in [6, 6.07) is 22.7. The van der Waals surface area contributed by atoms with Crippen LogP contribution in [0.2, 0.25) is 10.0 Å². The maximum atomic E-state index is 14.4. The normalized spacial score (nSPS) is 14.1. The summed E-state index contributed by atoms with van der Waals surface area (Å²) in [7, 11) is 4.63. The molecule has 0 aliphatic carbocycles. The van der Waals surface area contributed by atoms with Crippen molar-refractivity contribution in [1.29, 1.82) is 0 Å². The van der Waals surface area contributed by atoms with E-state index in [1.807, 2.05) is 42.5 Å². The Morgan fingerprint density at radius 3 is 2.37 bits per heavy atom. The third-order valence-corrected chi connectivity index (χ3v) is 10.4. The van der Waals surface area contributed by atoms with Crippen molar-refractivity contribution in [2.45, 2.75) is 19.6 Å². The van der Waals surface area contributed by atoms with E-state index in [9.17, 15) is 9.59 Å². The van der Waals surface area contributed by atoms with Gasteiger partial charge in [-0.25, -0.2) is 9.79 Å². The number of halogens is 3. The second kappa shape index (κ2) is 15.9. The van der Waals surface area contributed by atoms with Crippen molar-refractivity contribution in [3.63, 3.8) is 0 Å². The number of nitrogens with zero attached hydrogens (tertiary/aromatic N) is 2. The highest BCUT2D eigenvalue weighted by atomic mass is 127. The predicted octanol–water partition coefficient (Wildman–Crippen LogP) is 7.45. The molecule has 2 heterocycles. The molecule has 0 saturated heterocycles. The average molecular weight is 858 g/mol. The summed E-state index contributed by atoms with van der Waals surface area (Å²) in [6.07, 6.45) is 1.77. The van der Waals surface area contributed by atoms with E-state index in [1.54, 1.807) is 63.6 Å². The van der Waals surface area contributed by atoms with Gasteiger partial charge in [-0.3, -0.25) is 9.36 Å². The van der Waals surface area contributed by atoms with Crippen LogP contribution >= 0.6 is 57.1 Å². The molecule has 4 aromatic carbocycles. The molecule has 1 atom stereocenters. The molecule has 9 nitrogen and oxygen atoms in total. The van der Waals surface area contributed by atoms with Crippen LogP contribution in [0.15, 0.2) is 94.2 Å². The van der Waals surface area contributed by atoms with Gasteiger partial charge in [0.2, 0.25) is 0 Å². The fourth-order valence-electron chi connectivity index (χ4n) is 5.68. The Bertz CT molecular complexity index is 2340. The van der Waals surface area contributed by atoms with Gasteiger partial charge in [0.25, 0.3) is 5.56 Å². The van der Waals surface area contributed by atoms with Crippen LogP contribution in [0.5, 0.6) is 23.0 Å². The molecule has 1 aliphatic heterocycles. The molecule has 13 heteroatoms. The fourth-order valence-corrected chi connectivity index (χ4v) is 7.93. The maximum Gasteiger partial charge on any atom is 0.338 e. The zero-order chi connectivity index (χ0) is 36.2. The molecule has 1 aliphatic rings. The van der Waals surface area contributed by atoms with Gasteiger partial charge in [-0.05, 0) is 83.1 Å². The number of benzene rings is 4. The lowest BCUT2D eigenvalue weighted by Crippen LogP contribution is -2.40. The van der Waals surface area contributed by atoms with Crippen LogP contribution in [-0.2, 0) is 16.1 Å². The Labute approximate surface area is 321 Å². The number of hydrogen-bond acceptors (Lipinski definition) is 9. The van der Waals surface area contributed by atoms with Crippen molar-refractivity contribution in [2.24, 2.45) is 4.99 Å². The number of aromatic nitrogens is 1. The quantitative estimate of drug-likeness (QED) is 0.101. The lowest BCUT2D eigenvalue weighted by molar-refractivity contribution is -0.138. The van der Waals surface area contributed by atoms with Gasteiger partial charge in [0, 0.05) is 21.2 Å². The van der Waals surface area contributed by atoms with Gasteiger partial charge < -0.3 is 23.7 Å². The van der Waals surface area contributed by atoms with Gasteiger partial charge in [0.15, 0.2) is 27.8 Å². The first kappa shape index (κ1) is 36.5. The highest BCUT2D eigenvalue weighted by molar-refractivity contribution is 14.1. The second-order valence-corrected chi connectivity index (χ2v) is 14.1. The zero-order valence-electron chi connectivity index (χ0n) is 27.9. The molecule has 1 aromatic heterocycles. The summed E-state index contributed by atoms with van der Waals surface area (Å²) >= 11 is 15.8. The SMILES string of the molecule is CCOC(=O)C1=C(c2ccccc2)N=c2s/c(=C\c3cc(I)c(OCc4ccc(Cl)cc4Cl)c(OC)c3)c(=O)n2[C@@H]1c1ccc(OC)c(OC)c1. The number of thiazole rings is 1. The van der Waals surface area contributed by atoms with E-state index in [0.29, 0.717) is 64.8 Å². The lowest BCUT2D eigenvalue weighted by atomic mass is 9.93. The van der Waals surface area contributed by atoms with Crippen molar-refractivity contribution < 1.29 is 28.5 Å². The van der Waals surface area contributed by atoms with Crippen molar-refractivity contribution in [1.82, 2.24) is 4.57 Å². The monoisotopic (exact) mass is 856 g/mol. The van der Waals surface area contributed by atoms with Crippen molar-refractivity contribution in [3.8, 4) is 23.0 Å². The Morgan fingerprint density at radius 2 is 1.69 bits per heavy atom. The Morgan fingerprint density at radius 1 is 0.941 bits per heavy atom. The molecule has 0 amide bonds. The number of esters is 1. The van der Waals surface area contributed by atoms with E-state index in [-0.39, 0.29) is 24.3 Å². The third kappa shape index (κ3) is 7.52. The highest BCUT2D eigenvalue weighted by Crippen LogP contribution is 2.39. The van der Waals surface area contributed by atoms with Crippen LogP contribution in [0.25, 0.3) is 11.8 Å². The first-order valence-corrected chi connectivity index (χ1v) is 18.3. The van der Waals surface area contributed by atoms with E-state index in [2.05, 4.69) is 22.6 Å². The summed E-state index contributed by atoms with van der Waals surface area (Å²) in [4.78, 5) is 33.6. The van der Waals surface area contributed by atoms with Gasteiger partial charge in [0.1, 0.15) is 6.61 Å². The summed E-state index contributed by atoms with van der Waals surface area (Å²) in [5, 5.41) is 1.03. The molecule has 0 fully saturated rings. The number of ether oxygens (including phenoxy) is 5. The molecule has 0 N–H and O–H groups in total. The van der Waals surface area contributed by atoms with Crippen molar-refractivity contribution in [2.75, 3.05) is 27.9 Å². The Balaban J connectivity index is 1.51. The van der Waals surface area contributed by atoms with Crippen LogP contribution in [0.3, 0.4) is 0 Å². The Hall–Kier alpha value is -4.30. The zero-order valence-corrected chi connectivity index (χ0v) is 32.4. The minimum Gasteiger partial charge on any atom is -0.493 e. The first-order valence-electron chi connectivity index (χ1n) is 15.6. The van der Waals surface area contributed by atoms with Crippen LogP contribution in [-0.4, -0.2) is 38.5 Å². The van der Waals surface area contributed by atoms with Crippen LogP contribution < -0.4 is 33.8 Å².